The van der Waals surface area contributed by atoms with Gasteiger partial charge in [0.1, 0.15) is 5.82 Å². The first-order chi connectivity index (χ1) is 9.16. The lowest BCUT2D eigenvalue weighted by molar-refractivity contribution is 0.226. The van der Waals surface area contributed by atoms with Gasteiger partial charge in [-0.1, -0.05) is 6.07 Å². The van der Waals surface area contributed by atoms with E-state index in [1.54, 1.807) is 0 Å². The van der Waals surface area contributed by atoms with Crippen LogP contribution in [0, 0.1) is 13.8 Å². The summed E-state index contributed by atoms with van der Waals surface area (Å²) in [5.41, 5.74) is 5.03. The molecule has 4 heteroatoms. The first-order valence-corrected chi connectivity index (χ1v) is 7.01. The molecule has 1 saturated heterocycles. The van der Waals surface area contributed by atoms with Crippen LogP contribution >= 0.6 is 0 Å². The van der Waals surface area contributed by atoms with Gasteiger partial charge in [0.2, 0.25) is 0 Å². The summed E-state index contributed by atoms with van der Waals surface area (Å²) >= 11 is 0. The summed E-state index contributed by atoms with van der Waals surface area (Å²) in [6.07, 6.45) is 0. The summed E-state index contributed by atoms with van der Waals surface area (Å²) in [5.74, 6) is 1.17. The Morgan fingerprint density at radius 3 is 2.68 bits per heavy atom. The molecule has 0 atom stereocenters. The second-order valence-electron chi connectivity index (χ2n) is 5.49. The summed E-state index contributed by atoms with van der Waals surface area (Å²) in [6.45, 7) is 9.66. The van der Waals surface area contributed by atoms with E-state index in [2.05, 4.69) is 47.8 Å². The van der Waals surface area contributed by atoms with Gasteiger partial charge in [-0.15, -0.1) is 0 Å². The van der Waals surface area contributed by atoms with E-state index in [0.717, 1.165) is 38.2 Å². The van der Waals surface area contributed by atoms with Crippen molar-refractivity contribution in [3.05, 3.63) is 29.1 Å². The molecule has 1 aromatic carbocycles. The Hall–Kier alpha value is -1.39. The molecule has 1 N–H and O–H groups in total. The number of nitrogens with one attached hydrogen (secondary N) is 1. The highest BCUT2D eigenvalue weighted by Gasteiger charge is 2.15. The van der Waals surface area contributed by atoms with E-state index < -0.39 is 0 Å². The van der Waals surface area contributed by atoms with Gasteiger partial charge < -0.3 is 9.88 Å². The number of hydrogen-bond donors (Lipinski definition) is 1. The van der Waals surface area contributed by atoms with E-state index in [1.807, 2.05) is 0 Å². The number of hydrogen-bond acceptors (Lipinski definition) is 3. The van der Waals surface area contributed by atoms with E-state index in [-0.39, 0.29) is 0 Å². The van der Waals surface area contributed by atoms with E-state index in [1.165, 1.54) is 22.5 Å². The van der Waals surface area contributed by atoms with Gasteiger partial charge in [0.25, 0.3) is 0 Å². The molecule has 19 heavy (non-hydrogen) atoms. The van der Waals surface area contributed by atoms with Crippen molar-refractivity contribution in [2.45, 2.75) is 20.4 Å². The molecule has 0 unspecified atom stereocenters. The Kier molecular flexibility index (Phi) is 3.29. The molecule has 1 aliphatic heterocycles. The van der Waals surface area contributed by atoms with Gasteiger partial charge in [0.05, 0.1) is 17.6 Å². The Bertz CT molecular complexity index is 594. The molecule has 3 rings (SSSR count). The SMILES string of the molecule is Cc1ccc2c(nc(CN3CCNCC3)n2C)c1C. The van der Waals surface area contributed by atoms with Gasteiger partial charge >= 0.3 is 0 Å². The zero-order chi connectivity index (χ0) is 13.4. The van der Waals surface area contributed by atoms with E-state index in [0.29, 0.717) is 0 Å². The molecule has 0 saturated carbocycles. The Morgan fingerprint density at radius 2 is 1.95 bits per heavy atom. The number of rotatable bonds is 2. The van der Waals surface area contributed by atoms with Crippen molar-refractivity contribution in [2.24, 2.45) is 7.05 Å². The fourth-order valence-corrected chi connectivity index (χ4v) is 2.75. The van der Waals surface area contributed by atoms with Crippen molar-refractivity contribution in [3.8, 4) is 0 Å². The van der Waals surface area contributed by atoms with Crippen molar-refractivity contribution >= 4 is 11.0 Å². The molecule has 4 nitrogen and oxygen atoms in total. The third-order valence-electron chi connectivity index (χ3n) is 4.24. The minimum Gasteiger partial charge on any atom is -0.330 e. The summed E-state index contributed by atoms with van der Waals surface area (Å²) < 4.78 is 2.24. The maximum absolute atomic E-state index is 4.87. The highest BCUT2D eigenvalue weighted by atomic mass is 15.2. The van der Waals surface area contributed by atoms with Gasteiger partial charge in [-0.25, -0.2) is 4.98 Å². The van der Waals surface area contributed by atoms with Crippen LogP contribution in [0.2, 0.25) is 0 Å². The van der Waals surface area contributed by atoms with Crippen LogP contribution < -0.4 is 5.32 Å². The quantitative estimate of drug-likeness (QED) is 0.888. The van der Waals surface area contributed by atoms with Gasteiger partial charge in [-0.3, -0.25) is 4.90 Å². The molecule has 2 aromatic rings. The lowest BCUT2D eigenvalue weighted by atomic mass is 10.1. The predicted octanol–water partition coefficient (Wildman–Crippen LogP) is 1.60. The molecular formula is C15H22N4. The average Bonchev–Trinajstić information content (AvgIpc) is 2.73. The van der Waals surface area contributed by atoms with E-state index in [4.69, 9.17) is 4.98 Å². The van der Waals surface area contributed by atoms with Gasteiger partial charge in [0.15, 0.2) is 0 Å². The minimum atomic E-state index is 0.950. The molecule has 0 amide bonds. The molecule has 1 fully saturated rings. The summed E-state index contributed by atoms with van der Waals surface area (Å²) in [7, 11) is 2.13. The molecular weight excluding hydrogens is 236 g/mol. The van der Waals surface area contributed by atoms with Crippen LogP contribution in [0.25, 0.3) is 11.0 Å². The zero-order valence-corrected chi connectivity index (χ0v) is 12.0. The van der Waals surface area contributed by atoms with Crippen molar-refractivity contribution in [1.29, 1.82) is 0 Å². The van der Waals surface area contributed by atoms with Gasteiger partial charge in [-0.2, -0.15) is 0 Å². The molecule has 0 spiro atoms. The summed E-state index contributed by atoms with van der Waals surface area (Å²) in [5, 5.41) is 3.39. The second-order valence-corrected chi connectivity index (χ2v) is 5.49. The second kappa shape index (κ2) is 4.94. The van der Waals surface area contributed by atoms with Crippen molar-refractivity contribution in [3.63, 3.8) is 0 Å². The Labute approximate surface area is 114 Å². The van der Waals surface area contributed by atoms with Gasteiger partial charge in [-0.05, 0) is 31.0 Å². The number of benzene rings is 1. The Morgan fingerprint density at radius 1 is 1.21 bits per heavy atom. The monoisotopic (exact) mass is 258 g/mol. The van der Waals surface area contributed by atoms with Crippen molar-refractivity contribution in [2.75, 3.05) is 26.2 Å². The topological polar surface area (TPSA) is 33.1 Å². The molecule has 0 bridgehead atoms. The molecule has 0 aliphatic carbocycles. The lowest BCUT2D eigenvalue weighted by Crippen LogP contribution is -2.43. The van der Waals surface area contributed by atoms with Crippen LogP contribution in [0.1, 0.15) is 17.0 Å². The van der Waals surface area contributed by atoms with Crippen molar-refractivity contribution in [1.82, 2.24) is 19.8 Å². The predicted molar refractivity (Wildman–Crippen MR) is 78.3 cm³/mol. The van der Waals surface area contributed by atoms with Crippen LogP contribution in [0.3, 0.4) is 0 Å². The number of imidazole rings is 1. The minimum absolute atomic E-state index is 0.950. The van der Waals surface area contributed by atoms with Gasteiger partial charge in [0, 0.05) is 33.2 Å². The standard InChI is InChI=1S/C15H22N4/c1-11-4-5-13-15(12(11)2)17-14(18(13)3)10-19-8-6-16-7-9-19/h4-5,16H,6-10H2,1-3H3. The largest absolute Gasteiger partial charge is 0.330 e. The average molecular weight is 258 g/mol. The number of aryl methyl sites for hydroxylation is 3. The fraction of sp³-hybridized carbons (Fsp3) is 0.533. The lowest BCUT2D eigenvalue weighted by Gasteiger charge is -2.26. The third kappa shape index (κ3) is 2.26. The summed E-state index contributed by atoms with van der Waals surface area (Å²) in [6, 6.07) is 4.37. The summed E-state index contributed by atoms with van der Waals surface area (Å²) in [4.78, 5) is 7.34. The number of piperazine rings is 1. The third-order valence-corrected chi connectivity index (χ3v) is 4.24. The first-order valence-electron chi connectivity index (χ1n) is 7.01. The zero-order valence-electron chi connectivity index (χ0n) is 12.0. The van der Waals surface area contributed by atoms with Crippen molar-refractivity contribution < 1.29 is 0 Å². The van der Waals surface area contributed by atoms with Crippen LogP contribution in [-0.2, 0) is 13.6 Å². The highest BCUT2D eigenvalue weighted by Crippen LogP contribution is 2.22. The van der Waals surface area contributed by atoms with Crippen LogP contribution in [0.15, 0.2) is 12.1 Å². The number of aromatic nitrogens is 2. The van der Waals surface area contributed by atoms with E-state index >= 15 is 0 Å². The van der Waals surface area contributed by atoms with E-state index in [9.17, 15) is 0 Å². The van der Waals surface area contributed by atoms with Crippen LogP contribution in [0.4, 0.5) is 0 Å². The number of nitrogens with zero attached hydrogens (tertiary/aromatic N) is 3. The normalized spacial score (nSPS) is 17.2. The molecule has 1 aromatic heterocycles. The molecule has 1 aliphatic rings. The number of fused-ring (bicyclic) bond motifs is 1. The Balaban J connectivity index is 1.95. The maximum Gasteiger partial charge on any atom is 0.123 e. The molecule has 102 valence electrons. The fourth-order valence-electron chi connectivity index (χ4n) is 2.75. The van der Waals surface area contributed by atoms with Crippen LogP contribution in [-0.4, -0.2) is 40.6 Å². The molecule has 2 heterocycles. The maximum atomic E-state index is 4.87. The van der Waals surface area contributed by atoms with Crippen LogP contribution in [0.5, 0.6) is 0 Å². The molecule has 0 radical (unpaired) electrons. The first kappa shape index (κ1) is 12.6. The smallest absolute Gasteiger partial charge is 0.123 e. The highest BCUT2D eigenvalue weighted by molar-refractivity contribution is 5.80.